The third kappa shape index (κ3) is 4.83. The number of benzene rings is 1. The number of aliphatic hydroxyl groups excluding tert-OH is 1. The van der Waals surface area contributed by atoms with Gasteiger partial charge in [-0.3, -0.25) is 4.79 Å². The largest absolute Gasteiger partial charge is 0.477 e. The van der Waals surface area contributed by atoms with Crippen molar-refractivity contribution in [3.8, 4) is 0 Å². The Balaban J connectivity index is 2.02. The van der Waals surface area contributed by atoms with Crippen LogP contribution in [0.25, 0.3) is 11.0 Å². The number of halogens is 2. The quantitative estimate of drug-likeness (QED) is 0.490. The maximum Gasteiger partial charge on any atom is 0.341 e. The summed E-state index contributed by atoms with van der Waals surface area (Å²) in [6, 6.07) is 5.94. The van der Waals surface area contributed by atoms with Gasteiger partial charge in [0.2, 0.25) is 5.43 Å². The molecule has 3 heterocycles. The molecule has 0 bridgehead atoms. The van der Waals surface area contributed by atoms with Crippen molar-refractivity contribution in [2.75, 3.05) is 37.8 Å². The number of ether oxygens (including phenoxy) is 1. The summed E-state index contributed by atoms with van der Waals surface area (Å²) < 4.78 is 21.9. The average molecular weight is 518 g/mol. The maximum absolute atomic E-state index is 14.8. The number of aromatic carboxylic acids is 1. The summed E-state index contributed by atoms with van der Waals surface area (Å²) in [5.41, 5.74) is -0.494. The third-order valence-corrected chi connectivity index (χ3v) is 7.26. The normalized spacial score (nSPS) is 15.3. The Bertz CT molecular complexity index is 1370. The molecule has 1 aliphatic rings. The van der Waals surface area contributed by atoms with Crippen molar-refractivity contribution < 1.29 is 24.1 Å². The van der Waals surface area contributed by atoms with Crippen molar-refractivity contribution in [2.24, 2.45) is 5.41 Å². The highest BCUT2D eigenvalue weighted by molar-refractivity contribution is 6.30. The van der Waals surface area contributed by atoms with Crippen LogP contribution in [0.5, 0.6) is 0 Å². The van der Waals surface area contributed by atoms with E-state index in [0.717, 1.165) is 0 Å². The number of anilines is 1. The van der Waals surface area contributed by atoms with Gasteiger partial charge in [-0.2, -0.15) is 0 Å². The molecule has 192 valence electrons. The molecule has 0 aliphatic carbocycles. The van der Waals surface area contributed by atoms with E-state index in [2.05, 4.69) is 0 Å². The third-order valence-electron chi connectivity index (χ3n) is 6.97. The number of fused-ring (bicyclic) bond motifs is 1. The molecule has 1 unspecified atom stereocenters. The second-order valence-electron chi connectivity index (χ2n) is 9.74. The van der Waals surface area contributed by atoms with E-state index >= 15 is 0 Å². The zero-order valence-corrected chi connectivity index (χ0v) is 21.2. The average Bonchev–Trinajstić information content (AvgIpc) is 2.86. The summed E-state index contributed by atoms with van der Waals surface area (Å²) in [7, 11) is 0. The van der Waals surface area contributed by atoms with Crippen LogP contribution in [0, 0.1) is 11.2 Å². The molecule has 8 nitrogen and oxygen atoms in total. The van der Waals surface area contributed by atoms with Crippen LogP contribution in [0.4, 0.5) is 10.2 Å². The summed E-state index contributed by atoms with van der Waals surface area (Å²) in [4.78, 5) is 32.1. The van der Waals surface area contributed by atoms with Gasteiger partial charge in [-0.25, -0.2) is 14.2 Å². The number of nitrogens with zero attached hydrogens (tertiary/aromatic N) is 3. The van der Waals surface area contributed by atoms with E-state index in [1.54, 1.807) is 22.8 Å². The lowest BCUT2D eigenvalue weighted by Crippen LogP contribution is -2.38. The first-order valence-electron chi connectivity index (χ1n) is 11.7. The first-order valence-corrected chi connectivity index (χ1v) is 12.1. The number of pyridine rings is 2. The van der Waals surface area contributed by atoms with Gasteiger partial charge in [0.1, 0.15) is 22.8 Å². The van der Waals surface area contributed by atoms with Crippen LogP contribution in [0.1, 0.15) is 48.3 Å². The van der Waals surface area contributed by atoms with E-state index in [-0.39, 0.29) is 23.4 Å². The maximum atomic E-state index is 14.8. The Labute approximate surface area is 212 Å². The van der Waals surface area contributed by atoms with Gasteiger partial charge >= 0.3 is 5.97 Å². The monoisotopic (exact) mass is 517 g/mol. The number of morpholine rings is 1. The van der Waals surface area contributed by atoms with Crippen LogP contribution >= 0.6 is 11.6 Å². The summed E-state index contributed by atoms with van der Waals surface area (Å²) >= 11 is 6.00. The number of aliphatic hydroxyl groups is 1. The fourth-order valence-electron chi connectivity index (χ4n) is 4.33. The molecule has 0 saturated carbocycles. The molecule has 3 aromatic rings. The van der Waals surface area contributed by atoms with Gasteiger partial charge < -0.3 is 24.4 Å². The Kier molecular flexibility index (Phi) is 7.36. The first kappa shape index (κ1) is 26.1. The Hall–Kier alpha value is -3.01. The number of hydrogen-bond donors (Lipinski definition) is 2. The number of carboxylic acids is 1. The lowest BCUT2D eigenvalue weighted by atomic mass is 9.86. The first-order chi connectivity index (χ1) is 17.0. The van der Waals surface area contributed by atoms with Crippen molar-refractivity contribution in [3.63, 3.8) is 0 Å². The summed E-state index contributed by atoms with van der Waals surface area (Å²) in [5.74, 6) is -1.35. The molecule has 36 heavy (non-hydrogen) atoms. The minimum Gasteiger partial charge on any atom is -0.477 e. The van der Waals surface area contributed by atoms with Crippen LogP contribution in [-0.2, 0) is 11.2 Å². The highest BCUT2D eigenvalue weighted by Crippen LogP contribution is 2.34. The molecule has 0 radical (unpaired) electrons. The predicted octanol–water partition coefficient (Wildman–Crippen LogP) is 3.89. The number of aromatic nitrogens is 2. The molecule has 1 fully saturated rings. The van der Waals surface area contributed by atoms with Crippen LogP contribution in [0.15, 0.2) is 35.3 Å². The van der Waals surface area contributed by atoms with Crippen molar-refractivity contribution in [1.82, 2.24) is 9.55 Å². The standard InChI is InChI=1S/C26H29ClFN3O5/c1-15(26(2,3)14-32)31-13-19(25(34)35)22(33)18-12-17(11-16-5-4-6-20(27)21(16)28)23(29-24(18)31)30-7-9-36-10-8-30/h4-6,12-13,15,32H,7-11,14H2,1-3H3,(H,34,35). The summed E-state index contributed by atoms with van der Waals surface area (Å²) in [5, 5.41) is 19.8. The molecule has 0 amide bonds. The van der Waals surface area contributed by atoms with E-state index in [4.69, 9.17) is 21.3 Å². The highest BCUT2D eigenvalue weighted by atomic mass is 35.5. The van der Waals surface area contributed by atoms with Gasteiger partial charge in [-0.15, -0.1) is 0 Å². The molecule has 2 N–H and O–H groups in total. The Morgan fingerprint density at radius 1 is 1.28 bits per heavy atom. The lowest BCUT2D eigenvalue weighted by molar-refractivity contribution is 0.0693. The van der Waals surface area contributed by atoms with Crippen LogP contribution in [-0.4, -0.2) is 58.6 Å². The van der Waals surface area contributed by atoms with E-state index in [9.17, 15) is 24.2 Å². The van der Waals surface area contributed by atoms with Crippen molar-refractivity contribution in [2.45, 2.75) is 33.2 Å². The topological polar surface area (TPSA) is 105 Å². The predicted molar refractivity (Wildman–Crippen MR) is 136 cm³/mol. The second kappa shape index (κ2) is 10.2. The van der Waals surface area contributed by atoms with Crippen LogP contribution in [0.3, 0.4) is 0 Å². The van der Waals surface area contributed by atoms with Crippen molar-refractivity contribution in [1.29, 1.82) is 0 Å². The molecular weight excluding hydrogens is 489 g/mol. The number of carbonyl (C=O) groups is 1. The van der Waals surface area contributed by atoms with E-state index < -0.39 is 34.2 Å². The molecule has 1 aromatic carbocycles. The minimum absolute atomic E-state index is 0.00949. The van der Waals surface area contributed by atoms with Gasteiger partial charge in [-0.05, 0) is 24.6 Å². The van der Waals surface area contributed by atoms with E-state index in [1.165, 1.54) is 12.3 Å². The second-order valence-corrected chi connectivity index (χ2v) is 10.1. The van der Waals surface area contributed by atoms with Crippen molar-refractivity contribution >= 4 is 34.4 Å². The molecule has 0 spiro atoms. The smallest absolute Gasteiger partial charge is 0.341 e. The Morgan fingerprint density at radius 2 is 1.97 bits per heavy atom. The van der Waals surface area contributed by atoms with Gasteiger partial charge in [0.05, 0.1) is 30.2 Å². The lowest BCUT2D eigenvalue weighted by Gasteiger charge is -2.34. The molecule has 1 saturated heterocycles. The fraction of sp³-hybridized carbons (Fsp3) is 0.423. The van der Waals surface area contributed by atoms with Gasteiger partial charge in [-0.1, -0.05) is 37.6 Å². The van der Waals surface area contributed by atoms with E-state index in [0.29, 0.717) is 48.9 Å². The molecule has 1 atom stereocenters. The number of rotatable bonds is 7. The summed E-state index contributed by atoms with van der Waals surface area (Å²) in [6.07, 6.45) is 1.40. The summed E-state index contributed by atoms with van der Waals surface area (Å²) in [6.45, 7) is 7.47. The molecular formula is C26H29ClFN3O5. The SMILES string of the molecule is CC(n1cc(C(=O)O)c(=O)c2cc(Cc3cccc(Cl)c3F)c(N3CCOCC3)nc21)C(C)(C)CO. The van der Waals surface area contributed by atoms with Crippen LogP contribution < -0.4 is 10.3 Å². The van der Waals surface area contributed by atoms with Gasteiger partial charge in [0, 0.05) is 42.7 Å². The van der Waals surface area contributed by atoms with Crippen molar-refractivity contribution in [3.05, 3.63) is 68.2 Å². The van der Waals surface area contributed by atoms with Gasteiger partial charge in [0.15, 0.2) is 0 Å². The zero-order valence-electron chi connectivity index (χ0n) is 20.4. The van der Waals surface area contributed by atoms with Gasteiger partial charge in [0.25, 0.3) is 0 Å². The minimum atomic E-state index is -1.36. The zero-order chi connectivity index (χ0) is 26.2. The molecule has 1 aliphatic heterocycles. The molecule has 10 heteroatoms. The highest BCUT2D eigenvalue weighted by Gasteiger charge is 2.30. The molecule has 2 aromatic heterocycles. The molecule has 4 rings (SSSR count). The van der Waals surface area contributed by atoms with Crippen LogP contribution in [0.2, 0.25) is 5.02 Å². The number of carboxylic acid groups (broad SMARTS) is 1. The fourth-order valence-corrected chi connectivity index (χ4v) is 4.52. The van der Waals surface area contributed by atoms with E-state index in [1.807, 2.05) is 25.7 Å². The Morgan fingerprint density at radius 3 is 2.61 bits per heavy atom. The number of hydrogen-bond acceptors (Lipinski definition) is 6.